The Morgan fingerprint density at radius 2 is 1.82 bits per heavy atom. The zero-order valence-corrected chi connectivity index (χ0v) is 12.7. The maximum absolute atomic E-state index is 12.3. The molecule has 2 aromatic rings. The number of rotatable bonds is 6. The topological polar surface area (TPSA) is 103 Å². The van der Waals surface area contributed by atoms with E-state index in [2.05, 4.69) is 0 Å². The fourth-order valence-corrected chi connectivity index (χ4v) is 3.11. The molecule has 0 radical (unpaired) electrons. The summed E-state index contributed by atoms with van der Waals surface area (Å²) in [6.07, 6.45) is 0. The average Bonchev–Trinajstić information content (AvgIpc) is 2.94. The van der Waals surface area contributed by atoms with Crippen molar-refractivity contribution in [2.24, 2.45) is 0 Å². The summed E-state index contributed by atoms with van der Waals surface area (Å²) in [6, 6.07) is 6.74. The number of methoxy groups -OCH3 is 2. The highest BCUT2D eigenvalue weighted by atomic mass is 32.2. The number of sulfone groups is 1. The van der Waals surface area contributed by atoms with Crippen LogP contribution in [0.25, 0.3) is 0 Å². The maximum Gasteiger partial charge on any atom is 0.371 e. The third-order valence-corrected chi connectivity index (χ3v) is 4.56. The summed E-state index contributed by atoms with van der Waals surface area (Å²) in [6.45, 7) is 0. The Morgan fingerprint density at radius 1 is 1.14 bits per heavy atom. The molecule has 0 aliphatic rings. The second kappa shape index (κ2) is 6.10. The summed E-state index contributed by atoms with van der Waals surface area (Å²) < 4.78 is 39.8. The van der Waals surface area contributed by atoms with Crippen LogP contribution in [0.1, 0.15) is 16.3 Å². The van der Waals surface area contributed by atoms with Crippen molar-refractivity contribution in [3.05, 3.63) is 41.9 Å². The van der Waals surface area contributed by atoms with Crippen LogP contribution < -0.4 is 9.47 Å². The number of hydrogen-bond acceptors (Lipinski definition) is 6. The van der Waals surface area contributed by atoms with Gasteiger partial charge in [0.2, 0.25) is 5.76 Å². The van der Waals surface area contributed by atoms with Gasteiger partial charge < -0.3 is 19.0 Å². The van der Waals surface area contributed by atoms with E-state index in [4.69, 9.17) is 19.0 Å². The zero-order chi connectivity index (χ0) is 16.3. The van der Waals surface area contributed by atoms with Crippen LogP contribution in [-0.2, 0) is 15.6 Å². The van der Waals surface area contributed by atoms with Gasteiger partial charge in [-0.1, -0.05) is 0 Å². The molecule has 2 rings (SSSR count). The maximum atomic E-state index is 12.3. The van der Waals surface area contributed by atoms with E-state index < -0.39 is 21.6 Å². The highest BCUT2D eigenvalue weighted by Gasteiger charge is 2.21. The molecule has 118 valence electrons. The molecule has 0 bridgehead atoms. The average molecular weight is 326 g/mol. The minimum absolute atomic E-state index is 0.0263. The fraction of sp³-hybridized carbons (Fsp3) is 0.214. The molecule has 0 unspecified atom stereocenters. The van der Waals surface area contributed by atoms with E-state index in [1.54, 1.807) is 0 Å². The van der Waals surface area contributed by atoms with Gasteiger partial charge in [0, 0.05) is 6.07 Å². The lowest BCUT2D eigenvalue weighted by atomic mass is 10.3. The van der Waals surface area contributed by atoms with E-state index in [1.807, 2.05) is 0 Å². The minimum Gasteiger partial charge on any atom is -0.493 e. The molecule has 0 aliphatic heterocycles. The Morgan fingerprint density at radius 3 is 2.36 bits per heavy atom. The van der Waals surface area contributed by atoms with E-state index in [1.165, 1.54) is 44.6 Å². The lowest BCUT2D eigenvalue weighted by molar-refractivity contribution is 0.0660. The molecule has 8 heteroatoms. The summed E-state index contributed by atoms with van der Waals surface area (Å²) in [5.41, 5.74) is 0. The van der Waals surface area contributed by atoms with Crippen molar-refractivity contribution in [1.82, 2.24) is 0 Å². The standard InChI is InChI=1S/C14H14O7S/c1-19-11-6-4-10(7-13(11)20-2)22(17,18)8-9-3-5-12(21-9)14(15)16/h3-7H,8H2,1-2H3,(H,15,16). The van der Waals surface area contributed by atoms with Crippen molar-refractivity contribution in [1.29, 1.82) is 0 Å². The first-order chi connectivity index (χ1) is 10.4. The van der Waals surface area contributed by atoms with Crippen LogP contribution in [-0.4, -0.2) is 33.7 Å². The third kappa shape index (κ3) is 3.22. The van der Waals surface area contributed by atoms with Crippen molar-refractivity contribution in [2.75, 3.05) is 14.2 Å². The Kier molecular flexibility index (Phi) is 4.41. The first-order valence-electron chi connectivity index (χ1n) is 6.14. The number of hydrogen-bond donors (Lipinski definition) is 1. The van der Waals surface area contributed by atoms with Crippen LogP contribution in [0.4, 0.5) is 0 Å². The first kappa shape index (κ1) is 15.9. The Balaban J connectivity index is 2.31. The lowest BCUT2D eigenvalue weighted by Gasteiger charge is -2.09. The monoisotopic (exact) mass is 326 g/mol. The van der Waals surface area contributed by atoms with Gasteiger partial charge in [-0.15, -0.1) is 0 Å². The van der Waals surface area contributed by atoms with Gasteiger partial charge in [-0.05, 0) is 24.3 Å². The smallest absolute Gasteiger partial charge is 0.371 e. The molecule has 1 aromatic heterocycles. The van der Waals surface area contributed by atoms with Crippen LogP contribution >= 0.6 is 0 Å². The third-order valence-electron chi connectivity index (χ3n) is 2.92. The van der Waals surface area contributed by atoms with Gasteiger partial charge in [0.25, 0.3) is 0 Å². The minimum atomic E-state index is -3.71. The molecular formula is C14H14O7S. The van der Waals surface area contributed by atoms with Crippen molar-refractivity contribution in [3.8, 4) is 11.5 Å². The van der Waals surface area contributed by atoms with Crippen LogP contribution in [0.3, 0.4) is 0 Å². The van der Waals surface area contributed by atoms with Gasteiger partial charge in [-0.2, -0.15) is 0 Å². The summed E-state index contributed by atoms with van der Waals surface area (Å²) in [5.74, 6) is -1.27. The summed E-state index contributed by atoms with van der Waals surface area (Å²) >= 11 is 0. The highest BCUT2D eigenvalue weighted by molar-refractivity contribution is 7.90. The highest BCUT2D eigenvalue weighted by Crippen LogP contribution is 2.30. The predicted molar refractivity (Wildman–Crippen MR) is 76.1 cm³/mol. The van der Waals surface area contributed by atoms with Crippen LogP contribution in [0.15, 0.2) is 39.6 Å². The summed E-state index contributed by atoms with van der Waals surface area (Å²) in [7, 11) is -0.856. The van der Waals surface area contributed by atoms with Crippen LogP contribution in [0, 0.1) is 0 Å². The molecule has 1 heterocycles. The van der Waals surface area contributed by atoms with E-state index in [9.17, 15) is 13.2 Å². The summed E-state index contributed by atoms with van der Waals surface area (Å²) in [5, 5.41) is 8.77. The Bertz CT molecular complexity index is 789. The van der Waals surface area contributed by atoms with Crippen molar-refractivity contribution >= 4 is 15.8 Å². The number of carboxylic acid groups (broad SMARTS) is 1. The van der Waals surface area contributed by atoms with E-state index in [0.717, 1.165) is 0 Å². The number of benzene rings is 1. The molecule has 0 saturated carbocycles. The number of aromatic carboxylic acids is 1. The van der Waals surface area contributed by atoms with Gasteiger partial charge in [-0.25, -0.2) is 13.2 Å². The molecule has 1 N–H and O–H groups in total. The van der Waals surface area contributed by atoms with Crippen LogP contribution in [0.2, 0.25) is 0 Å². The zero-order valence-electron chi connectivity index (χ0n) is 11.9. The molecule has 0 fully saturated rings. The molecule has 22 heavy (non-hydrogen) atoms. The van der Waals surface area contributed by atoms with Crippen molar-refractivity contribution in [2.45, 2.75) is 10.6 Å². The molecule has 7 nitrogen and oxygen atoms in total. The summed E-state index contributed by atoms with van der Waals surface area (Å²) in [4.78, 5) is 10.8. The molecule has 0 spiro atoms. The van der Waals surface area contributed by atoms with Gasteiger partial charge in [0.1, 0.15) is 11.5 Å². The SMILES string of the molecule is COc1ccc(S(=O)(=O)Cc2ccc(C(=O)O)o2)cc1OC. The van der Waals surface area contributed by atoms with Crippen molar-refractivity contribution < 1.29 is 32.2 Å². The fourth-order valence-electron chi connectivity index (χ4n) is 1.85. The second-order valence-corrected chi connectivity index (χ2v) is 6.34. The molecular weight excluding hydrogens is 312 g/mol. The van der Waals surface area contributed by atoms with E-state index >= 15 is 0 Å². The molecule has 0 aliphatic carbocycles. The Hall–Kier alpha value is -2.48. The first-order valence-corrected chi connectivity index (χ1v) is 7.79. The van der Waals surface area contributed by atoms with Gasteiger partial charge >= 0.3 is 5.97 Å². The van der Waals surface area contributed by atoms with Gasteiger partial charge in [-0.3, -0.25) is 0 Å². The largest absolute Gasteiger partial charge is 0.493 e. The lowest BCUT2D eigenvalue weighted by Crippen LogP contribution is -2.05. The normalized spacial score (nSPS) is 11.2. The number of furan rings is 1. The molecule has 0 amide bonds. The predicted octanol–water partition coefficient (Wildman–Crippen LogP) is 1.97. The van der Waals surface area contributed by atoms with Gasteiger partial charge in [0.15, 0.2) is 21.3 Å². The molecule has 1 aromatic carbocycles. The quantitative estimate of drug-likeness (QED) is 0.865. The number of carboxylic acids is 1. The number of ether oxygens (including phenoxy) is 2. The van der Waals surface area contributed by atoms with E-state index in [0.29, 0.717) is 5.75 Å². The second-order valence-electron chi connectivity index (χ2n) is 4.35. The molecule has 0 atom stereocenters. The van der Waals surface area contributed by atoms with Gasteiger partial charge in [0.05, 0.1) is 19.1 Å². The Labute approximate surface area is 127 Å². The molecule has 0 saturated heterocycles. The van der Waals surface area contributed by atoms with Crippen LogP contribution in [0.5, 0.6) is 11.5 Å². The number of carbonyl (C=O) groups is 1. The van der Waals surface area contributed by atoms with Crippen molar-refractivity contribution in [3.63, 3.8) is 0 Å². The van der Waals surface area contributed by atoms with E-state index in [-0.39, 0.29) is 22.2 Å².